The lowest BCUT2D eigenvalue weighted by Crippen LogP contribution is -2.39. The van der Waals surface area contributed by atoms with Gasteiger partial charge in [0.2, 0.25) is 0 Å². The lowest BCUT2D eigenvalue weighted by Gasteiger charge is -2.42. The van der Waals surface area contributed by atoms with Crippen LogP contribution in [0.1, 0.15) is 24.1 Å². The van der Waals surface area contributed by atoms with Gasteiger partial charge < -0.3 is 10.0 Å². The van der Waals surface area contributed by atoms with Crippen molar-refractivity contribution in [1.82, 2.24) is 0 Å². The van der Waals surface area contributed by atoms with Crippen LogP contribution in [-0.2, 0) is 6.42 Å². The summed E-state index contributed by atoms with van der Waals surface area (Å²) in [4.78, 5) is 2.43. The molecular formula is C18H20BrNO. The number of aliphatic hydroxyl groups excluding tert-OH is 1. The highest BCUT2D eigenvalue weighted by molar-refractivity contribution is 9.10. The van der Waals surface area contributed by atoms with Gasteiger partial charge in [0.25, 0.3) is 0 Å². The standard InChI is InChI=1S/C18H20BrNO/c1-13(12-21)18-17-5-3-2-4-14(17)10-11-20(18)16-8-6-15(19)7-9-16/h2-9,13,18,21H,10-12H2,1H3/t13-,18-/m0/s1. The van der Waals surface area contributed by atoms with Crippen LogP contribution < -0.4 is 4.90 Å². The Hall–Kier alpha value is -1.32. The predicted octanol–water partition coefficient (Wildman–Crippen LogP) is 4.18. The third kappa shape index (κ3) is 2.85. The molecule has 0 fully saturated rings. The van der Waals surface area contributed by atoms with E-state index < -0.39 is 0 Å². The summed E-state index contributed by atoms with van der Waals surface area (Å²) >= 11 is 3.49. The van der Waals surface area contributed by atoms with Crippen LogP contribution >= 0.6 is 15.9 Å². The second-order valence-electron chi connectivity index (χ2n) is 5.72. The van der Waals surface area contributed by atoms with Gasteiger partial charge in [-0.25, -0.2) is 0 Å². The summed E-state index contributed by atoms with van der Waals surface area (Å²) in [5.74, 6) is 0.204. The highest BCUT2D eigenvalue weighted by Crippen LogP contribution is 2.38. The first-order valence-corrected chi connectivity index (χ1v) is 8.21. The minimum Gasteiger partial charge on any atom is -0.396 e. The van der Waals surface area contributed by atoms with Crippen molar-refractivity contribution in [1.29, 1.82) is 0 Å². The van der Waals surface area contributed by atoms with Gasteiger partial charge in [-0.1, -0.05) is 47.1 Å². The van der Waals surface area contributed by atoms with E-state index in [2.05, 4.69) is 76.3 Å². The van der Waals surface area contributed by atoms with Gasteiger partial charge >= 0.3 is 0 Å². The van der Waals surface area contributed by atoms with Gasteiger partial charge in [0.05, 0.1) is 6.04 Å². The van der Waals surface area contributed by atoms with E-state index in [0.29, 0.717) is 0 Å². The van der Waals surface area contributed by atoms with Crippen molar-refractivity contribution < 1.29 is 5.11 Å². The second-order valence-corrected chi connectivity index (χ2v) is 6.64. The number of rotatable bonds is 3. The summed E-state index contributed by atoms with van der Waals surface area (Å²) < 4.78 is 1.09. The molecule has 0 spiro atoms. The van der Waals surface area contributed by atoms with Crippen molar-refractivity contribution in [3.8, 4) is 0 Å². The van der Waals surface area contributed by atoms with Gasteiger partial charge in [0, 0.05) is 29.2 Å². The van der Waals surface area contributed by atoms with Crippen LogP contribution in [0.4, 0.5) is 5.69 Å². The Labute approximate surface area is 134 Å². The molecule has 2 aromatic rings. The zero-order valence-corrected chi connectivity index (χ0v) is 13.8. The van der Waals surface area contributed by atoms with Crippen LogP contribution in [0, 0.1) is 5.92 Å². The van der Waals surface area contributed by atoms with Crippen LogP contribution in [0.25, 0.3) is 0 Å². The molecule has 110 valence electrons. The fourth-order valence-electron chi connectivity index (χ4n) is 3.23. The molecule has 0 bridgehead atoms. The summed E-state index contributed by atoms with van der Waals surface area (Å²) in [6, 6.07) is 17.3. The Balaban J connectivity index is 2.02. The fraction of sp³-hybridized carbons (Fsp3) is 0.333. The van der Waals surface area contributed by atoms with Crippen molar-refractivity contribution in [2.24, 2.45) is 5.92 Å². The molecule has 1 aliphatic heterocycles. The van der Waals surface area contributed by atoms with Gasteiger partial charge in [0.15, 0.2) is 0 Å². The van der Waals surface area contributed by atoms with E-state index in [-0.39, 0.29) is 18.6 Å². The number of benzene rings is 2. The summed E-state index contributed by atoms with van der Waals surface area (Å²) in [6.07, 6.45) is 1.06. The first-order chi connectivity index (χ1) is 10.2. The molecule has 1 N–H and O–H groups in total. The van der Waals surface area contributed by atoms with Crippen molar-refractivity contribution in [2.45, 2.75) is 19.4 Å². The molecule has 0 radical (unpaired) electrons. The van der Waals surface area contributed by atoms with Crippen molar-refractivity contribution in [3.05, 3.63) is 64.1 Å². The number of fused-ring (bicyclic) bond motifs is 1. The molecule has 0 amide bonds. The smallest absolute Gasteiger partial charge is 0.0592 e. The maximum atomic E-state index is 9.69. The average molecular weight is 346 g/mol. The maximum absolute atomic E-state index is 9.69. The molecule has 1 aliphatic rings. The quantitative estimate of drug-likeness (QED) is 0.901. The van der Waals surface area contributed by atoms with E-state index in [1.807, 2.05) is 0 Å². The van der Waals surface area contributed by atoms with E-state index in [9.17, 15) is 5.11 Å². The highest BCUT2D eigenvalue weighted by atomic mass is 79.9. The number of anilines is 1. The van der Waals surface area contributed by atoms with Gasteiger partial charge in [-0.2, -0.15) is 0 Å². The first kappa shape index (κ1) is 14.6. The van der Waals surface area contributed by atoms with Gasteiger partial charge in [-0.05, 0) is 41.8 Å². The predicted molar refractivity (Wildman–Crippen MR) is 90.6 cm³/mol. The minimum atomic E-state index is 0.200. The molecular weight excluding hydrogens is 326 g/mol. The largest absolute Gasteiger partial charge is 0.396 e. The summed E-state index contributed by atoms with van der Waals surface area (Å²) in [7, 11) is 0. The maximum Gasteiger partial charge on any atom is 0.0592 e. The molecule has 3 rings (SSSR count). The molecule has 2 atom stereocenters. The molecule has 3 heteroatoms. The zero-order chi connectivity index (χ0) is 14.8. The normalized spacial score (nSPS) is 19.2. The Morgan fingerprint density at radius 2 is 1.90 bits per heavy atom. The molecule has 1 heterocycles. The third-order valence-electron chi connectivity index (χ3n) is 4.32. The van der Waals surface area contributed by atoms with E-state index in [1.54, 1.807) is 0 Å². The number of aliphatic hydroxyl groups is 1. The summed E-state index contributed by atoms with van der Waals surface area (Å²) in [6.45, 7) is 3.32. The average Bonchev–Trinajstić information content (AvgIpc) is 2.54. The molecule has 2 nitrogen and oxygen atoms in total. The Morgan fingerprint density at radius 1 is 1.19 bits per heavy atom. The van der Waals surface area contributed by atoms with Gasteiger partial charge in [-0.3, -0.25) is 0 Å². The lowest BCUT2D eigenvalue weighted by atomic mass is 9.85. The van der Waals surface area contributed by atoms with E-state index in [1.165, 1.54) is 16.8 Å². The van der Waals surface area contributed by atoms with Crippen molar-refractivity contribution >= 4 is 21.6 Å². The molecule has 0 saturated heterocycles. The third-order valence-corrected chi connectivity index (χ3v) is 4.85. The Bertz CT molecular complexity index is 611. The lowest BCUT2D eigenvalue weighted by molar-refractivity contribution is 0.210. The van der Waals surface area contributed by atoms with Crippen LogP contribution in [0.2, 0.25) is 0 Å². The van der Waals surface area contributed by atoms with E-state index in [0.717, 1.165) is 17.4 Å². The first-order valence-electron chi connectivity index (χ1n) is 7.41. The van der Waals surface area contributed by atoms with Gasteiger partial charge in [-0.15, -0.1) is 0 Å². The van der Waals surface area contributed by atoms with Gasteiger partial charge in [0.1, 0.15) is 0 Å². The Morgan fingerprint density at radius 3 is 2.62 bits per heavy atom. The number of halogens is 1. The summed E-state index contributed by atoms with van der Waals surface area (Å²) in [5, 5.41) is 9.69. The molecule has 0 aliphatic carbocycles. The zero-order valence-electron chi connectivity index (χ0n) is 12.2. The van der Waals surface area contributed by atoms with E-state index >= 15 is 0 Å². The molecule has 0 saturated carbocycles. The number of hydrogen-bond acceptors (Lipinski definition) is 2. The van der Waals surface area contributed by atoms with Crippen LogP contribution in [0.15, 0.2) is 53.0 Å². The highest BCUT2D eigenvalue weighted by Gasteiger charge is 2.31. The number of nitrogens with zero attached hydrogens (tertiary/aromatic N) is 1. The molecule has 2 aromatic carbocycles. The van der Waals surface area contributed by atoms with Crippen LogP contribution in [0.3, 0.4) is 0 Å². The fourth-order valence-corrected chi connectivity index (χ4v) is 3.50. The second kappa shape index (κ2) is 6.20. The monoisotopic (exact) mass is 345 g/mol. The number of hydrogen-bond donors (Lipinski definition) is 1. The molecule has 0 aromatic heterocycles. The van der Waals surface area contributed by atoms with E-state index in [4.69, 9.17) is 0 Å². The Kier molecular flexibility index (Phi) is 4.32. The van der Waals surface area contributed by atoms with Crippen molar-refractivity contribution in [2.75, 3.05) is 18.1 Å². The molecule has 21 heavy (non-hydrogen) atoms. The summed E-state index contributed by atoms with van der Waals surface area (Å²) in [5.41, 5.74) is 3.99. The van der Waals surface area contributed by atoms with Crippen LogP contribution in [-0.4, -0.2) is 18.3 Å². The van der Waals surface area contributed by atoms with Crippen molar-refractivity contribution in [3.63, 3.8) is 0 Å². The SMILES string of the molecule is C[C@@H](CO)[C@H]1c2ccccc2CCN1c1ccc(Br)cc1. The van der Waals surface area contributed by atoms with Crippen LogP contribution in [0.5, 0.6) is 0 Å². The minimum absolute atomic E-state index is 0.200. The topological polar surface area (TPSA) is 23.5 Å². The molecule has 0 unspecified atom stereocenters.